The quantitative estimate of drug-likeness (QED) is 0.839. The van der Waals surface area contributed by atoms with Crippen molar-refractivity contribution >= 4 is 37.3 Å². The molecule has 7 heteroatoms. The molecule has 5 nitrogen and oxygen atoms in total. The molecule has 0 atom stereocenters. The molecule has 1 aliphatic heterocycles. The van der Waals surface area contributed by atoms with Gasteiger partial charge in [-0.05, 0) is 34.8 Å². The van der Waals surface area contributed by atoms with Crippen molar-refractivity contribution in [2.75, 3.05) is 35.2 Å². The Kier molecular flexibility index (Phi) is 3.82. The predicted molar refractivity (Wildman–Crippen MR) is 76.6 cm³/mol. The number of nitrogens with two attached hydrogens (primary N) is 1. The van der Waals surface area contributed by atoms with E-state index >= 15 is 0 Å². The van der Waals surface area contributed by atoms with E-state index in [4.69, 9.17) is 5.73 Å². The van der Waals surface area contributed by atoms with Gasteiger partial charge in [-0.1, -0.05) is 0 Å². The van der Waals surface area contributed by atoms with E-state index in [0.29, 0.717) is 25.2 Å². The minimum atomic E-state index is -2.90. The van der Waals surface area contributed by atoms with Crippen molar-refractivity contribution in [3.63, 3.8) is 0 Å². The minimum Gasteiger partial charge on any atom is -0.397 e. The fraction of sp³-hybridized carbons (Fsp3) is 0.545. The molecular formula is C11H16BrN3O2S. The lowest BCUT2D eigenvalue weighted by Gasteiger charge is -2.23. The second-order valence-electron chi connectivity index (χ2n) is 4.47. The van der Waals surface area contributed by atoms with Gasteiger partial charge in [-0.3, -0.25) is 0 Å². The van der Waals surface area contributed by atoms with Crippen LogP contribution < -0.4 is 10.6 Å². The summed E-state index contributed by atoms with van der Waals surface area (Å²) < 4.78 is 24.0. The molecule has 0 aromatic carbocycles. The third-order valence-electron chi connectivity index (χ3n) is 3.14. The predicted octanol–water partition coefficient (Wildman–Crippen LogP) is 1.36. The number of anilines is 2. The van der Waals surface area contributed by atoms with Gasteiger partial charge in [-0.15, -0.1) is 0 Å². The van der Waals surface area contributed by atoms with Gasteiger partial charge in [0, 0.05) is 13.1 Å². The average molecular weight is 334 g/mol. The Morgan fingerprint density at radius 2 is 2.11 bits per heavy atom. The smallest absolute Gasteiger partial charge is 0.152 e. The molecule has 1 saturated heterocycles. The van der Waals surface area contributed by atoms with Crippen LogP contribution in [0.15, 0.2) is 10.7 Å². The summed E-state index contributed by atoms with van der Waals surface area (Å²) in [5.74, 6) is 1.22. The molecule has 0 spiro atoms. The molecule has 0 aliphatic carbocycles. The Morgan fingerprint density at radius 1 is 1.39 bits per heavy atom. The number of nitrogens with zero attached hydrogens (tertiary/aromatic N) is 2. The Balaban J connectivity index is 2.30. The maximum Gasteiger partial charge on any atom is 0.152 e. The van der Waals surface area contributed by atoms with E-state index in [0.717, 1.165) is 15.9 Å². The largest absolute Gasteiger partial charge is 0.397 e. The SMILES string of the molecule is Cc1c(N)cnc(N2CCCS(=O)(=O)CC2)c1Br. The molecule has 18 heavy (non-hydrogen) atoms. The van der Waals surface area contributed by atoms with Crippen molar-refractivity contribution in [3.05, 3.63) is 16.2 Å². The van der Waals surface area contributed by atoms with Crippen LogP contribution in [0.2, 0.25) is 0 Å². The third-order valence-corrected chi connectivity index (χ3v) is 5.80. The van der Waals surface area contributed by atoms with Crippen molar-refractivity contribution in [2.45, 2.75) is 13.3 Å². The molecule has 0 amide bonds. The summed E-state index contributed by atoms with van der Waals surface area (Å²) in [5, 5.41) is 0. The number of sulfone groups is 1. The summed E-state index contributed by atoms with van der Waals surface area (Å²) >= 11 is 3.49. The normalized spacial score (nSPS) is 19.6. The average Bonchev–Trinajstić information content (AvgIpc) is 2.48. The molecule has 2 N–H and O–H groups in total. The van der Waals surface area contributed by atoms with Gasteiger partial charge in [0.05, 0.1) is 27.9 Å². The molecule has 1 aromatic rings. The molecule has 2 rings (SSSR count). The van der Waals surface area contributed by atoms with Gasteiger partial charge in [0.1, 0.15) is 5.82 Å². The van der Waals surface area contributed by atoms with E-state index in [1.165, 1.54) is 0 Å². The first-order valence-corrected chi connectivity index (χ1v) is 8.38. The lowest BCUT2D eigenvalue weighted by Crippen LogP contribution is -2.28. The highest BCUT2D eigenvalue weighted by Crippen LogP contribution is 2.30. The van der Waals surface area contributed by atoms with Gasteiger partial charge in [0.25, 0.3) is 0 Å². The molecule has 100 valence electrons. The van der Waals surface area contributed by atoms with Crippen LogP contribution in [0.25, 0.3) is 0 Å². The number of rotatable bonds is 1. The van der Waals surface area contributed by atoms with Crippen LogP contribution in [0.4, 0.5) is 11.5 Å². The molecule has 0 bridgehead atoms. The van der Waals surface area contributed by atoms with Crippen molar-refractivity contribution < 1.29 is 8.42 Å². The summed E-state index contributed by atoms with van der Waals surface area (Å²) in [4.78, 5) is 6.31. The summed E-state index contributed by atoms with van der Waals surface area (Å²) in [5.41, 5.74) is 7.36. The Labute approximate surface area is 115 Å². The van der Waals surface area contributed by atoms with E-state index < -0.39 is 9.84 Å². The maximum absolute atomic E-state index is 11.6. The van der Waals surface area contributed by atoms with Crippen LogP contribution in [-0.4, -0.2) is 38.0 Å². The highest BCUT2D eigenvalue weighted by atomic mass is 79.9. The highest BCUT2D eigenvalue weighted by molar-refractivity contribution is 9.10. The van der Waals surface area contributed by atoms with Gasteiger partial charge in [-0.2, -0.15) is 0 Å². The van der Waals surface area contributed by atoms with Gasteiger partial charge in [0.2, 0.25) is 0 Å². The Hall–Kier alpha value is -0.820. The van der Waals surface area contributed by atoms with Crippen LogP contribution >= 0.6 is 15.9 Å². The Bertz CT molecular complexity index is 560. The van der Waals surface area contributed by atoms with Crippen molar-refractivity contribution in [1.82, 2.24) is 4.98 Å². The van der Waals surface area contributed by atoms with E-state index in [2.05, 4.69) is 20.9 Å². The van der Waals surface area contributed by atoms with Crippen LogP contribution in [0, 0.1) is 6.92 Å². The number of aromatic nitrogens is 1. The zero-order chi connectivity index (χ0) is 13.3. The van der Waals surface area contributed by atoms with E-state index in [9.17, 15) is 8.42 Å². The molecule has 0 radical (unpaired) electrons. The zero-order valence-corrected chi connectivity index (χ0v) is 12.6. The van der Waals surface area contributed by atoms with Crippen molar-refractivity contribution in [1.29, 1.82) is 0 Å². The van der Waals surface area contributed by atoms with Gasteiger partial charge in [0.15, 0.2) is 9.84 Å². The van der Waals surface area contributed by atoms with E-state index in [-0.39, 0.29) is 11.5 Å². The monoisotopic (exact) mass is 333 g/mol. The molecule has 2 heterocycles. The molecule has 1 fully saturated rings. The third kappa shape index (κ3) is 2.77. The van der Waals surface area contributed by atoms with Crippen LogP contribution in [0.5, 0.6) is 0 Å². The fourth-order valence-electron chi connectivity index (χ4n) is 1.95. The first-order chi connectivity index (χ1) is 8.41. The standard InChI is InChI=1S/C11H16BrN3O2S/c1-8-9(13)7-14-11(10(8)12)15-3-2-5-18(16,17)6-4-15/h7H,2-6,13H2,1H3. The summed E-state index contributed by atoms with van der Waals surface area (Å²) in [6.45, 7) is 3.10. The van der Waals surface area contributed by atoms with Crippen LogP contribution in [-0.2, 0) is 9.84 Å². The molecule has 0 saturated carbocycles. The topological polar surface area (TPSA) is 76.3 Å². The van der Waals surface area contributed by atoms with Gasteiger partial charge < -0.3 is 10.6 Å². The second-order valence-corrected chi connectivity index (χ2v) is 7.57. The number of hydrogen-bond acceptors (Lipinski definition) is 5. The van der Waals surface area contributed by atoms with Crippen molar-refractivity contribution in [3.8, 4) is 0 Å². The number of halogens is 1. The van der Waals surface area contributed by atoms with Crippen molar-refractivity contribution in [2.24, 2.45) is 0 Å². The summed E-state index contributed by atoms with van der Waals surface area (Å²) in [6.07, 6.45) is 2.26. The van der Waals surface area contributed by atoms with Crippen LogP contribution in [0.3, 0.4) is 0 Å². The summed E-state index contributed by atoms with van der Waals surface area (Å²) in [7, 11) is -2.90. The van der Waals surface area contributed by atoms with Gasteiger partial charge >= 0.3 is 0 Å². The maximum atomic E-state index is 11.6. The second kappa shape index (κ2) is 5.05. The van der Waals surface area contributed by atoms with E-state index in [1.807, 2.05) is 11.8 Å². The number of pyridine rings is 1. The molecule has 1 aromatic heterocycles. The number of hydrogen-bond donors (Lipinski definition) is 1. The highest BCUT2D eigenvalue weighted by Gasteiger charge is 2.22. The van der Waals surface area contributed by atoms with Gasteiger partial charge in [-0.25, -0.2) is 13.4 Å². The molecular weight excluding hydrogens is 318 g/mol. The first kappa shape index (κ1) is 13.6. The Morgan fingerprint density at radius 3 is 2.83 bits per heavy atom. The molecule has 1 aliphatic rings. The fourth-order valence-corrected chi connectivity index (χ4v) is 3.80. The minimum absolute atomic E-state index is 0.185. The lowest BCUT2D eigenvalue weighted by molar-refractivity contribution is 0.597. The van der Waals surface area contributed by atoms with E-state index in [1.54, 1.807) is 6.20 Å². The lowest BCUT2D eigenvalue weighted by atomic mass is 10.2. The first-order valence-electron chi connectivity index (χ1n) is 5.76. The number of nitrogen functional groups attached to an aromatic ring is 1. The molecule has 0 unspecified atom stereocenters. The van der Waals surface area contributed by atoms with Crippen LogP contribution in [0.1, 0.15) is 12.0 Å². The zero-order valence-electron chi connectivity index (χ0n) is 10.2. The summed E-state index contributed by atoms with van der Waals surface area (Å²) in [6, 6.07) is 0.